The van der Waals surface area contributed by atoms with Gasteiger partial charge in [0.05, 0.1) is 25.1 Å². The van der Waals surface area contributed by atoms with E-state index in [1.54, 1.807) is 0 Å². The summed E-state index contributed by atoms with van der Waals surface area (Å²) in [5.74, 6) is 0.375. The van der Waals surface area contributed by atoms with E-state index in [2.05, 4.69) is 14.9 Å². The summed E-state index contributed by atoms with van der Waals surface area (Å²) in [6, 6.07) is 0. The maximum atomic E-state index is 10.7. The van der Waals surface area contributed by atoms with Crippen molar-refractivity contribution < 1.29 is 14.6 Å². The third kappa shape index (κ3) is 2.28. The second kappa shape index (κ2) is 4.53. The maximum absolute atomic E-state index is 10.7. The molecule has 1 saturated heterocycles. The molecular weight excluding hydrogens is 234 g/mol. The molecule has 0 amide bonds. The number of carboxylic acid groups (broad SMARTS) is 1. The van der Waals surface area contributed by atoms with Crippen molar-refractivity contribution in [1.29, 1.82) is 0 Å². The van der Waals surface area contributed by atoms with Crippen molar-refractivity contribution in [2.75, 3.05) is 24.6 Å². The van der Waals surface area contributed by atoms with Gasteiger partial charge in [0.1, 0.15) is 5.82 Å². The van der Waals surface area contributed by atoms with E-state index in [9.17, 15) is 4.79 Å². The van der Waals surface area contributed by atoms with Crippen molar-refractivity contribution in [3.05, 3.63) is 18.1 Å². The number of carboxylic acids is 1. The average molecular weight is 249 g/mol. The molecule has 0 aromatic carbocycles. The van der Waals surface area contributed by atoms with Gasteiger partial charge < -0.3 is 14.7 Å². The summed E-state index contributed by atoms with van der Waals surface area (Å²) in [6.07, 6.45) is 5.63. The monoisotopic (exact) mass is 249 g/mol. The first-order valence-electron chi connectivity index (χ1n) is 6.16. The normalized spacial score (nSPS) is 24.0. The zero-order valence-electron chi connectivity index (χ0n) is 9.95. The highest BCUT2D eigenvalue weighted by molar-refractivity contribution is 5.84. The third-order valence-corrected chi connectivity index (χ3v) is 3.42. The van der Waals surface area contributed by atoms with Crippen LogP contribution in [0.4, 0.5) is 5.82 Å². The van der Waals surface area contributed by atoms with E-state index >= 15 is 0 Å². The van der Waals surface area contributed by atoms with Crippen LogP contribution in [0.1, 0.15) is 23.3 Å². The molecule has 1 aromatic rings. The minimum Gasteiger partial charge on any atom is -0.476 e. The molecule has 96 valence electrons. The molecule has 6 heteroatoms. The molecule has 2 aliphatic rings. The summed E-state index contributed by atoms with van der Waals surface area (Å²) in [5.41, 5.74) is -0.0225. The van der Waals surface area contributed by atoms with Crippen LogP contribution in [0.2, 0.25) is 0 Å². The Kier molecular flexibility index (Phi) is 2.87. The van der Waals surface area contributed by atoms with Crippen LogP contribution in [0.5, 0.6) is 0 Å². The molecule has 0 spiro atoms. The van der Waals surface area contributed by atoms with Gasteiger partial charge in [0.15, 0.2) is 5.69 Å². The Bertz CT molecular complexity index is 444. The number of rotatable bonds is 3. The lowest BCUT2D eigenvalue weighted by Gasteiger charge is -2.33. The van der Waals surface area contributed by atoms with Gasteiger partial charge in [-0.05, 0) is 18.8 Å². The van der Waals surface area contributed by atoms with Crippen LogP contribution in [0.3, 0.4) is 0 Å². The highest BCUT2D eigenvalue weighted by Gasteiger charge is 2.35. The van der Waals surface area contributed by atoms with Gasteiger partial charge in [-0.25, -0.2) is 14.8 Å². The molecule has 1 N–H and O–H groups in total. The molecule has 1 saturated carbocycles. The van der Waals surface area contributed by atoms with Crippen LogP contribution in [0.25, 0.3) is 0 Å². The number of aromatic carboxylic acids is 1. The van der Waals surface area contributed by atoms with E-state index in [1.165, 1.54) is 25.2 Å². The van der Waals surface area contributed by atoms with E-state index < -0.39 is 5.97 Å². The van der Waals surface area contributed by atoms with Crippen molar-refractivity contribution in [3.8, 4) is 0 Å². The van der Waals surface area contributed by atoms with Gasteiger partial charge in [-0.2, -0.15) is 0 Å². The van der Waals surface area contributed by atoms with Gasteiger partial charge >= 0.3 is 5.97 Å². The Hall–Kier alpha value is -1.69. The Morgan fingerprint density at radius 3 is 2.83 bits per heavy atom. The molecule has 1 unspecified atom stereocenters. The Morgan fingerprint density at radius 2 is 2.22 bits per heavy atom. The molecule has 6 nitrogen and oxygen atoms in total. The lowest BCUT2D eigenvalue weighted by molar-refractivity contribution is 0.0261. The lowest BCUT2D eigenvalue weighted by atomic mass is 10.2. The molecule has 0 radical (unpaired) electrons. The van der Waals surface area contributed by atoms with Crippen molar-refractivity contribution in [1.82, 2.24) is 9.97 Å². The summed E-state index contributed by atoms with van der Waals surface area (Å²) >= 11 is 0. The minimum absolute atomic E-state index is 0.0225. The number of ether oxygens (including phenoxy) is 1. The molecule has 1 aliphatic heterocycles. The molecule has 0 bridgehead atoms. The largest absolute Gasteiger partial charge is 0.476 e. The first kappa shape index (κ1) is 11.4. The van der Waals surface area contributed by atoms with Crippen molar-refractivity contribution >= 4 is 11.8 Å². The van der Waals surface area contributed by atoms with Gasteiger partial charge in [-0.3, -0.25) is 0 Å². The quantitative estimate of drug-likeness (QED) is 0.853. The molecule has 18 heavy (non-hydrogen) atoms. The SMILES string of the molecule is O=C(O)c1cnc(N2CCOC(C3CC3)C2)cn1. The number of hydrogen-bond donors (Lipinski definition) is 1. The van der Waals surface area contributed by atoms with Gasteiger partial charge in [0.25, 0.3) is 0 Å². The summed E-state index contributed by atoms with van der Waals surface area (Å²) < 4.78 is 5.73. The first-order chi connectivity index (χ1) is 8.74. The lowest BCUT2D eigenvalue weighted by Crippen LogP contribution is -2.43. The standard InChI is InChI=1S/C12H15N3O3/c16-12(17)9-5-14-11(6-13-9)15-3-4-18-10(7-15)8-1-2-8/h5-6,8,10H,1-4,7H2,(H,16,17). The molecule has 3 rings (SSSR count). The van der Waals surface area contributed by atoms with Gasteiger partial charge in [0, 0.05) is 13.1 Å². The van der Waals surface area contributed by atoms with Crippen molar-refractivity contribution in [2.24, 2.45) is 5.92 Å². The second-order valence-corrected chi connectivity index (χ2v) is 4.76. The Morgan fingerprint density at radius 1 is 1.39 bits per heavy atom. The Balaban J connectivity index is 1.71. The van der Waals surface area contributed by atoms with Crippen molar-refractivity contribution in [2.45, 2.75) is 18.9 Å². The Labute approximate surface area is 105 Å². The summed E-state index contributed by atoms with van der Waals surface area (Å²) in [4.78, 5) is 20.9. The van der Waals surface area contributed by atoms with Gasteiger partial charge in [-0.1, -0.05) is 0 Å². The molecule has 2 heterocycles. The van der Waals surface area contributed by atoms with Gasteiger partial charge in [-0.15, -0.1) is 0 Å². The zero-order chi connectivity index (χ0) is 12.5. The number of aromatic nitrogens is 2. The molecule has 1 atom stereocenters. The highest BCUT2D eigenvalue weighted by Crippen LogP contribution is 2.36. The van der Waals surface area contributed by atoms with E-state index in [0.29, 0.717) is 18.6 Å². The van der Waals surface area contributed by atoms with Crippen LogP contribution < -0.4 is 4.90 Å². The van der Waals surface area contributed by atoms with Crippen LogP contribution >= 0.6 is 0 Å². The first-order valence-corrected chi connectivity index (χ1v) is 6.16. The van der Waals surface area contributed by atoms with Crippen LogP contribution in [0.15, 0.2) is 12.4 Å². The summed E-state index contributed by atoms with van der Waals surface area (Å²) in [7, 11) is 0. The van der Waals surface area contributed by atoms with Crippen LogP contribution in [-0.2, 0) is 4.74 Å². The molecular formula is C12H15N3O3. The predicted molar refractivity (Wildman–Crippen MR) is 63.7 cm³/mol. The minimum atomic E-state index is -1.05. The maximum Gasteiger partial charge on any atom is 0.356 e. The number of hydrogen-bond acceptors (Lipinski definition) is 5. The smallest absolute Gasteiger partial charge is 0.356 e. The fraction of sp³-hybridized carbons (Fsp3) is 0.583. The fourth-order valence-corrected chi connectivity index (χ4v) is 2.23. The zero-order valence-corrected chi connectivity index (χ0v) is 9.95. The fourth-order valence-electron chi connectivity index (χ4n) is 2.23. The number of anilines is 1. The summed E-state index contributed by atoms with van der Waals surface area (Å²) in [6.45, 7) is 2.31. The van der Waals surface area contributed by atoms with E-state index in [1.807, 2.05) is 0 Å². The van der Waals surface area contributed by atoms with Crippen molar-refractivity contribution in [3.63, 3.8) is 0 Å². The number of morpholine rings is 1. The topological polar surface area (TPSA) is 75.5 Å². The number of carbonyl (C=O) groups is 1. The predicted octanol–water partition coefficient (Wildman–Crippen LogP) is 0.790. The molecule has 2 fully saturated rings. The number of nitrogens with zero attached hydrogens (tertiary/aromatic N) is 3. The summed E-state index contributed by atoms with van der Waals surface area (Å²) in [5, 5.41) is 8.77. The van der Waals surface area contributed by atoms with E-state index in [0.717, 1.165) is 18.9 Å². The highest BCUT2D eigenvalue weighted by atomic mass is 16.5. The van der Waals surface area contributed by atoms with Crippen LogP contribution in [-0.4, -0.2) is 46.8 Å². The average Bonchev–Trinajstić information content (AvgIpc) is 3.23. The van der Waals surface area contributed by atoms with E-state index in [-0.39, 0.29) is 5.69 Å². The van der Waals surface area contributed by atoms with E-state index in [4.69, 9.17) is 9.84 Å². The van der Waals surface area contributed by atoms with Gasteiger partial charge in [0.2, 0.25) is 0 Å². The third-order valence-electron chi connectivity index (χ3n) is 3.42. The molecule has 1 aliphatic carbocycles. The van der Waals surface area contributed by atoms with Crippen LogP contribution in [0, 0.1) is 5.92 Å². The molecule has 1 aromatic heterocycles. The second-order valence-electron chi connectivity index (χ2n) is 4.76.